The van der Waals surface area contributed by atoms with Gasteiger partial charge >= 0.3 is 5.97 Å². The topological polar surface area (TPSA) is 63.7 Å². The van der Waals surface area contributed by atoms with E-state index in [1.165, 1.54) is 11.4 Å². The molecule has 0 radical (unpaired) electrons. The molecule has 4 rings (SSSR count). The number of sulfonamides is 1. The van der Waals surface area contributed by atoms with Crippen molar-refractivity contribution in [2.45, 2.75) is 17.4 Å². The molecule has 0 fully saturated rings. The third-order valence-corrected chi connectivity index (χ3v) is 6.76. The Morgan fingerprint density at radius 2 is 1.50 bits per heavy atom. The third kappa shape index (κ3) is 2.96. The van der Waals surface area contributed by atoms with Crippen LogP contribution in [0, 0.1) is 0 Å². The van der Waals surface area contributed by atoms with Gasteiger partial charge in [-0.3, -0.25) is 9.10 Å². The first-order valence-electron chi connectivity index (χ1n) is 8.88. The van der Waals surface area contributed by atoms with Crippen molar-refractivity contribution in [1.82, 2.24) is 0 Å². The SMILES string of the molecule is COC(=O)CC1c2ccccc2-c2ccccc2N1S(=O)(=O)c1ccccc1. The minimum Gasteiger partial charge on any atom is -0.469 e. The highest BCUT2D eigenvalue weighted by molar-refractivity contribution is 7.92. The number of esters is 1. The van der Waals surface area contributed by atoms with Crippen molar-refractivity contribution in [2.24, 2.45) is 0 Å². The summed E-state index contributed by atoms with van der Waals surface area (Å²) in [4.78, 5) is 12.3. The van der Waals surface area contributed by atoms with E-state index in [4.69, 9.17) is 4.74 Å². The lowest BCUT2D eigenvalue weighted by Crippen LogP contribution is -2.38. The predicted octanol–water partition coefficient (Wildman–Crippen LogP) is 4.17. The van der Waals surface area contributed by atoms with E-state index in [0.29, 0.717) is 5.69 Å². The molecule has 1 aliphatic rings. The summed E-state index contributed by atoms with van der Waals surface area (Å²) in [6.07, 6.45) is -0.0755. The number of hydrogen-bond donors (Lipinski definition) is 0. The first-order valence-corrected chi connectivity index (χ1v) is 10.3. The molecule has 1 unspecified atom stereocenters. The molecule has 0 N–H and O–H groups in total. The summed E-state index contributed by atoms with van der Waals surface area (Å²) in [7, 11) is -2.59. The molecule has 3 aromatic rings. The van der Waals surface area contributed by atoms with Crippen LogP contribution < -0.4 is 4.31 Å². The van der Waals surface area contributed by atoms with E-state index in [-0.39, 0.29) is 11.3 Å². The summed E-state index contributed by atoms with van der Waals surface area (Å²) in [6, 6.07) is 22.5. The first kappa shape index (κ1) is 18.3. The molecule has 0 aromatic heterocycles. The number of fused-ring (bicyclic) bond motifs is 3. The second kappa shape index (κ2) is 7.13. The van der Waals surface area contributed by atoms with Crippen molar-refractivity contribution in [1.29, 1.82) is 0 Å². The molecule has 3 aromatic carbocycles. The van der Waals surface area contributed by atoms with E-state index >= 15 is 0 Å². The van der Waals surface area contributed by atoms with Crippen molar-refractivity contribution in [3.05, 3.63) is 84.4 Å². The van der Waals surface area contributed by atoms with E-state index in [0.717, 1.165) is 16.7 Å². The van der Waals surface area contributed by atoms with Gasteiger partial charge in [0.15, 0.2) is 0 Å². The quantitative estimate of drug-likeness (QED) is 0.624. The highest BCUT2D eigenvalue weighted by Crippen LogP contribution is 2.48. The van der Waals surface area contributed by atoms with Crippen LogP contribution in [0.15, 0.2) is 83.8 Å². The highest BCUT2D eigenvalue weighted by Gasteiger charge is 2.39. The minimum absolute atomic E-state index is 0.0755. The van der Waals surface area contributed by atoms with E-state index in [1.807, 2.05) is 36.4 Å². The molecular weight excluding hydrogens is 374 g/mol. The molecule has 0 saturated carbocycles. The lowest BCUT2D eigenvalue weighted by Gasteiger charge is -2.38. The molecule has 1 aliphatic heterocycles. The average Bonchev–Trinajstić information content (AvgIpc) is 2.74. The van der Waals surface area contributed by atoms with Gasteiger partial charge in [0.05, 0.1) is 30.2 Å². The van der Waals surface area contributed by atoms with Crippen LogP contribution in [0.5, 0.6) is 0 Å². The molecule has 1 atom stereocenters. The van der Waals surface area contributed by atoms with Crippen molar-refractivity contribution in [3.63, 3.8) is 0 Å². The van der Waals surface area contributed by atoms with E-state index in [2.05, 4.69) is 0 Å². The fourth-order valence-corrected chi connectivity index (χ4v) is 5.33. The highest BCUT2D eigenvalue weighted by atomic mass is 32.2. The second-order valence-corrected chi connectivity index (χ2v) is 8.33. The predicted molar refractivity (Wildman–Crippen MR) is 107 cm³/mol. The summed E-state index contributed by atoms with van der Waals surface area (Å²) >= 11 is 0. The second-order valence-electron chi connectivity index (χ2n) is 6.51. The van der Waals surface area contributed by atoms with Gasteiger partial charge < -0.3 is 4.74 Å². The van der Waals surface area contributed by atoms with Crippen LogP contribution in [0.1, 0.15) is 18.0 Å². The van der Waals surface area contributed by atoms with E-state index in [9.17, 15) is 13.2 Å². The van der Waals surface area contributed by atoms with Crippen LogP contribution in [-0.2, 0) is 19.6 Å². The number of rotatable bonds is 4. The number of carbonyl (C=O) groups is 1. The van der Waals surface area contributed by atoms with Gasteiger partial charge in [-0.15, -0.1) is 0 Å². The zero-order valence-corrected chi connectivity index (χ0v) is 16.1. The van der Waals surface area contributed by atoms with Crippen molar-refractivity contribution in [3.8, 4) is 11.1 Å². The van der Waals surface area contributed by atoms with Crippen LogP contribution >= 0.6 is 0 Å². The zero-order valence-electron chi connectivity index (χ0n) is 15.3. The van der Waals surface area contributed by atoms with E-state index < -0.39 is 22.0 Å². The third-order valence-electron chi connectivity index (χ3n) is 4.92. The zero-order chi connectivity index (χ0) is 19.7. The van der Waals surface area contributed by atoms with Gasteiger partial charge in [0, 0.05) is 5.56 Å². The Bertz CT molecular complexity index is 1130. The summed E-state index contributed by atoms with van der Waals surface area (Å²) in [6.45, 7) is 0. The molecule has 0 bridgehead atoms. The average molecular weight is 393 g/mol. The summed E-state index contributed by atoms with van der Waals surface area (Å²) in [5, 5.41) is 0. The Labute approximate surface area is 164 Å². The van der Waals surface area contributed by atoms with Crippen LogP contribution in [0.2, 0.25) is 0 Å². The molecule has 142 valence electrons. The molecular formula is C22H19NO4S. The molecule has 0 aliphatic carbocycles. The van der Waals surface area contributed by atoms with Gasteiger partial charge in [-0.1, -0.05) is 60.7 Å². The van der Waals surface area contributed by atoms with Crippen LogP contribution in [0.4, 0.5) is 5.69 Å². The number of para-hydroxylation sites is 1. The summed E-state index contributed by atoms with van der Waals surface area (Å²) in [5.74, 6) is -0.465. The Hall–Kier alpha value is -3.12. The van der Waals surface area contributed by atoms with Crippen LogP contribution in [0.25, 0.3) is 11.1 Å². The van der Waals surface area contributed by atoms with Gasteiger partial charge in [-0.25, -0.2) is 8.42 Å². The summed E-state index contributed by atoms with van der Waals surface area (Å²) in [5.41, 5.74) is 3.08. The van der Waals surface area contributed by atoms with Crippen LogP contribution in [-0.4, -0.2) is 21.5 Å². The molecule has 1 heterocycles. The maximum atomic E-state index is 13.6. The summed E-state index contributed by atoms with van der Waals surface area (Å²) < 4.78 is 33.4. The van der Waals surface area contributed by atoms with Gasteiger partial charge in [0.2, 0.25) is 0 Å². The Balaban J connectivity index is 1.98. The fraction of sp³-hybridized carbons (Fsp3) is 0.136. The standard InChI is InChI=1S/C22H19NO4S/c1-27-22(24)15-21-19-13-6-5-11-17(19)18-12-7-8-14-20(18)23(21)28(25,26)16-9-3-2-4-10-16/h2-14,21H,15H2,1H3. The van der Waals surface area contributed by atoms with Crippen molar-refractivity contribution in [2.75, 3.05) is 11.4 Å². The number of hydrogen-bond acceptors (Lipinski definition) is 4. The molecule has 6 heteroatoms. The Morgan fingerprint density at radius 3 is 2.21 bits per heavy atom. The molecule has 5 nitrogen and oxygen atoms in total. The lowest BCUT2D eigenvalue weighted by molar-refractivity contribution is -0.141. The Morgan fingerprint density at radius 1 is 0.893 bits per heavy atom. The number of ether oxygens (including phenoxy) is 1. The Kier molecular flexibility index (Phi) is 4.65. The number of nitrogens with zero attached hydrogens (tertiary/aromatic N) is 1. The van der Waals surface area contributed by atoms with Crippen LogP contribution in [0.3, 0.4) is 0 Å². The monoisotopic (exact) mass is 393 g/mol. The molecule has 0 spiro atoms. The normalized spacial score (nSPS) is 15.5. The van der Waals surface area contributed by atoms with Crippen molar-refractivity contribution < 1.29 is 17.9 Å². The molecule has 0 saturated heterocycles. The maximum Gasteiger partial charge on any atom is 0.307 e. The number of carbonyl (C=O) groups excluding carboxylic acids is 1. The number of methoxy groups -OCH3 is 1. The minimum atomic E-state index is -3.90. The smallest absolute Gasteiger partial charge is 0.307 e. The fourth-order valence-electron chi connectivity index (χ4n) is 3.66. The molecule has 28 heavy (non-hydrogen) atoms. The molecule has 0 amide bonds. The first-order chi connectivity index (χ1) is 13.5. The number of benzene rings is 3. The van der Waals surface area contributed by atoms with Crippen molar-refractivity contribution >= 4 is 21.7 Å². The largest absolute Gasteiger partial charge is 0.469 e. The maximum absolute atomic E-state index is 13.6. The van der Waals surface area contributed by atoms with Gasteiger partial charge in [0.1, 0.15) is 0 Å². The lowest BCUT2D eigenvalue weighted by atomic mass is 9.88. The van der Waals surface area contributed by atoms with Gasteiger partial charge in [-0.2, -0.15) is 0 Å². The van der Waals surface area contributed by atoms with E-state index in [1.54, 1.807) is 42.5 Å². The number of anilines is 1. The van der Waals surface area contributed by atoms with Gasteiger partial charge in [-0.05, 0) is 29.3 Å². The van der Waals surface area contributed by atoms with Gasteiger partial charge in [0.25, 0.3) is 10.0 Å².